The fourth-order valence-corrected chi connectivity index (χ4v) is 4.76. The maximum Gasteiger partial charge on any atom is 0.239 e. The SMILES string of the molecule is CC1CN(C(=O)C(N)Cc2ccc(Cl)c(F)c2)CCN1c1ncnc2c1[C@H](C)C[C@H]2O. The summed E-state index contributed by atoms with van der Waals surface area (Å²) in [5.74, 6) is 0.354. The van der Waals surface area contributed by atoms with Gasteiger partial charge in [-0.25, -0.2) is 14.4 Å². The standard InChI is InChI=1S/C22H27ClFN5O2/c1-12-7-18(30)20-19(12)21(27-11-26-20)29-6-5-28(10-13(29)2)22(31)17(25)9-14-3-4-15(23)16(24)8-14/h3-4,8,11-13,17-18,30H,5-7,9-10,25H2,1-2H3/t12-,13?,17?,18-/m1/s1. The highest BCUT2D eigenvalue weighted by atomic mass is 35.5. The highest BCUT2D eigenvalue weighted by Crippen LogP contribution is 2.43. The van der Waals surface area contributed by atoms with E-state index < -0.39 is 18.0 Å². The number of amides is 1. The van der Waals surface area contributed by atoms with E-state index in [-0.39, 0.29) is 29.3 Å². The van der Waals surface area contributed by atoms with Crippen LogP contribution in [0.1, 0.15) is 49.1 Å². The number of aliphatic hydroxyl groups is 1. The summed E-state index contributed by atoms with van der Waals surface area (Å²) >= 11 is 5.72. The van der Waals surface area contributed by atoms with Crippen molar-refractivity contribution in [1.82, 2.24) is 14.9 Å². The van der Waals surface area contributed by atoms with Gasteiger partial charge in [-0.1, -0.05) is 24.6 Å². The van der Waals surface area contributed by atoms with Gasteiger partial charge in [0.2, 0.25) is 5.91 Å². The van der Waals surface area contributed by atoms with Crippen LogP contribution in [0.5, 0.6) is 0 Å². The first-order valence-electron chi connectivity index (χ1n) is 10.5. The molecule has 1 saturated heterocycles. The maximum absolute atomic E-state index is 13.7. The van der Waals surface area contributed by atoms with Crippen LogP contribution in [0.3, 0.4) is 0 Å². The first-order valence-corrected chi connectivity index (χ1v) is 10.9. The highest BCUT2D eigenvalue weighted by molar-refractivity contribution is 6.30. The van der Waals surface area contributed by atoms with E-state index in [4.69, 9.17) is 17.3 Å². The molecule has 2 unspecified atom stereocenters. The monoisotopic (exact) mass is 447 g/mol. The Labute approximate surface area is 186 Å². The van der Waals surface area contributed by atoms with Crippen molar-refractivity contribution in [2.75, 3.05) is 24.5 Å². The number of nitrogens with zero attached hydrogens (tertiary/aromatic N) is 4. The van der Waals surface area contributed by atoms with Crippen molar-refractivity contribution < 1.29 is 14.3 Å². The summed E-state index contributed by atoms with van der Waals surface area (Å²) in [6.07, 6.45) is 1.84. The minimum absolute atomic E-state index is 0.0295. The van der Waals surface area contributed by atoms with E-state index in [2.05, 4.69) is 21.8 Å². The lowest BCUT2D eigenvalue weighted by molar-refractivity contribution is -0.133. The number of aromatic nitrogens is 2. The van der Waals surface area contributed by atoms with Crippen LogP contribution in [-0.4, -0.2) is 57.6 Å². The number of anilines is 1. The average Bonchev–Trinajstić information content (AvgIpc) is 3.04. The number of carbonyl (C=O) groups is 1. The Morgan fingerprint density at radius 1 is 1.35 bits per heavy atom. The van der Waals surface area contributed by atoms with Gasteiger partial charge in [0.15, 0.2) is 0 Å². The summed E-state index contributed by atoms with van der Waals surface area (Å²) in [6, 6.07) is 3.76. The minimum atomic E-state index is -0.752. The molecule has 31 heavy (non-hydrogen) atoms. The molecular formula is C22H27ClFN5O2. The second-order valence-corrected chi connectivity index (χ2v) is 8.94. The Kier molecular flexibility index (Phi) is 6.14. The molecule has 0 bridgehead atoms. The Morgan fingerprint density at radius 2 is 2.13 bits per heavy atom. The number of hydrogen-bond acceptors (Lipinski definition) is 6. The number of hydrogen-bond donors (Lipinski definition) is 2. The summed E-state index contributed by atoms with van der Waals surface area (Å²) in [6.45, 7) is 5.76. The van der Waals surface area contributed by atoms with E-state index in [0.29, 0.717) is 37.3 Å². The fraction of sp³-hybridized carbons (Fsp3) is 0.500. The maximum atomic E-state index is 13.7. The molecule has 166 valence electrons. The summed E-state index contributed by atoms with van der Waals surface area (Å²) in [5.41, 5.74) is 8.51. The second-order valence-electron chi connectivity index (χ2n) is 8.53. The van der Waals surface area contributed by atoms with Crippen LogP contribution in [0.4, 0.5) is 10.2 Å². The average molecular weight is 448 g/mol. The lowest BCUT2D eigenvalue weighted by atomic mass is 10.0. The number of fused-ring (bicyclic) bond motifs is 1. The molecule has 1 amide bonds. The number of aliphatic hydroxyl groups excluding tert-OH is 1. The van der Waals surface area contributed by atoms with Gasteiger partial charge in [0.05, 0.1) is 22.9 Å². The van der Waals surface area contributed by atoms with Crippen molar-refractivity contribution in [3.05, 3.63) is 52.2 Å². The third-order valence-electron chi connectivity index (χ3n) is 6.25. The van der Waals surface area contributed by atoms with Crippen LogP contribution < -0.4 is 10.6 Å². The van der Waals surface area contributed by atoms with Crippen LogP contribution in [0, 0.1) is 5.82 Å². The topological polar surface area (TPSA) is 95.6 Å². The Morgan fingerprint density at radius 3 is 2.84 bits per heavy atom. The third-order valence-corrected chi connectivity index (χ3v) is 6.55. The normalized spacial score (nSPS) is 24.3. The Balaban J connectivity index is 1.44. The number of piperazine rings is 1. The molecule has 2 aromatic rings. The van der Waals surface area contributed by atoms with E-state index >= 15 is 0 Å². The number of halogens is 2. The molecule has 0 radical (unpaired) electrons. The summed E-state index contributed by atoms with van der Waals surface area (Å²) < 4.78 is 13.7. The van der Waals surface area contributed by atoms with Crippen molar-refractivity contribution in [1.29, 1.82) is 0 Å². The predicted octanol–water partition coefficient (Wildman–Crippen LogP) is 2.42. The molecule has 0 spiro atoms. The van der Waals surface area contributed by atoms with Crippen molar-refractivity contribution in [3.63, 3.8) is 0 Å². The molecular weight excluding hydrogens is 421 g/mol. The number of nitrogens with two attached hydrogens (primary N) is 1. The molecule has 4 rings (SSSR count). The fourth-order valence-electron chi connectivity index (χ4n) is 4.65. The molecule has 1 aromatic heterocycles. The molecule has 4 atom stereocenters. The number of benzene rings is 1. The second kappa shape index (κ2) is 8.68. The minimum Gasteiger partial charge on any atom is -0.387 e. The Hall–Kier alpha value is -2.29. The smallest absolute Gasteiger partial charge is 0.239 e. The van der Waals surface area contributed by atoms with Crippen molar-refractivity contribution in [3.8, 4) is 0 Å². The van der Waals surface area contributed by atoms with Gasteiger partial charge in [-0.2, -0.15) is 0 Å². The number of rotatable bonds is 4. The summed E-state index contributed by atoms with van der Waals surface area (Å²) in [7, 11) is 0. The molecule has 1 aliphatic heterocycles. The van der Waals surface area contributed by atoms with E-state index in [1.807, 2.05) is 6.92 Å². The lowest BCUT2D eigenvalue weighted by Crippen LogP contribution is -2.57. The molecule has 3 N–H and O–H groups in total. The number of carbonyl (C=O) groups excluding carboxylic acids is 1. The molecule has 1 aromatic carbocycles. The largest absolute Gasteiger partial charge is 0.387 e. The summed E-state index contributed by atoms with van der Waals surface area (Å²) in [4.78, 5) is 25.7. The van der Waals surface area contributed by atoms with E-state index in [9.17, 15) is 14.3 Å². The predicted molar refractivity (Wildman–Crippen MR) is 117 cm³/mol. The molecule has 7 nitrogen and oxygen atoms in total. The van der Waals surface area contributed by atoms with Crippen molar-refractivity contribution in [2.24, 2.45) is 5.73 Å². The molecule has 1 fully saturated rings. The van der Waals surface area contributed by atoms with Crippen LogP contribution in [-0.2, 0) is 11.2 Å². The first kappa shape index (κ1) is 21.9. The zero-order chi connectivity index (χ0) is 22.3. The van der Waals surface area contributed by atoms with Crippen LogP contribution >= 0.6 is 11.6 Å². The van der Waals surface area contributed by atoms with E-state index in [1.54, 1.807) is 11.0 Å². The van der Waals surface area contributed by atoms with Gasteiger partial charge < -0.3 is 20.6 Å². The quantitative estimate of drug-likeness (QED) is 0.747. The van der Waals surface area contributed by atoms with E-state index in [1.165, 1.54) is 18.5 Å². The van der Waals surface area contributed by atoms with Crippen LogP contribution in [0.2, 0.25) is 5.02 Å². The Bertz CT molecular complexity index is 990. The van der Waals surface area contributed by atoms with Gasteiger partial charge in [-0.05, 0) is 43.4 Å². The first-order chi connectivity index (χ1) is 14.8. The van der Waals surface area contributed by atoms with Crippen molar-refractivity contribution in [2.45, 2.75) is 50.8 Å². The van der Waals surface area contributed by atoms with Gasteiger partial charge in [-0.3, -0.25) is 4.79 Å². The van der Waals surface area contributed by atoms with Crippen LogP contribution in [0.15, 0.2) is 24.5 Å². The van der Waals surface area contributed by atoms with E-state index in [0.717, 1.165) is 11.4 Å². The third kappa shape index (κ3) is 4.24. The van der Waals surface area contributed by atoms with Crippen LogP contribution in [0.25, 0.3) is 0 Å². The lowest BCUT2D eigenvalue weighted by Gasteiger charge is -2.42. The molecule has 2 heterocycles. The van der Waals surface area contributed by atoms with Gasteiger partial charge >= 0.3 is 0 Å². The zero-order valence-corrected chi connectivity index (χ0v) is 18.4. The molecule has 0 saturated carbocycles. The molecule has 1 aliphatic carbocycles. The highest BCUT2D eigenvalue weighted by Gasteiger charge is 2.36. The van der Waals surface area contributed by atoms with Gasteiger partial charge in [0, 0.05) is 31.2 Å². The van der Waals surface area contributed by atoms with Gasteiger partial charge in [-0.15, -0.1) is 0 Å². The summed E-state index contributed by atoms with van der Waals surface area (Å²) in [5, 5.41) is 10.3. The zero-order valence-electron chi connectivity index (χ0n) is 17.6. The van der Waals surface area contributed by atoms with Crippen molar-refractivity contribution >= 4 is 23.3 Å². The van der Waals surface area contributed by atoms with Gasteiger partial charge in [0.25, 0.3) is 0 Å². The molecule has 2 aliphatic rings. The van der Waals surface area contributed by atoms with Gasteiger partial charge in [0.1, 0.15) is 18.0 Å². The molecule has 9 heteroatoms.